The van der Waals surface area contributed by atoms with Crippen molar-refractivity contribution in [3.05, 3.63) is 92.9 Å². The van der Waals surface area contributed by atoms with E-state index in [1.165, 1.54) is 0 Å². The molecule has 0 N–H and O–H groups in total. The molecule has 2 aromatic rings. The normalized spacial score (nSPS) is 22.4. The number of rotatable bonds is 1. The Bertz CT molecular complexity index is 1200. The van der Waals surface area contributed by atoms with E-state index in [0.29, 0.717) is 40.3 Å². The van der Waals surface area contributed by atoms with Crippen molar-refractivity contribution in [2.24, 2.45) is 5.41 Å². The zero-order valence-corrected chi connectivity index (χ0v) is 17.4. The Morgan fingerprint density at radius 2 is 1.50 bits per heavy atom. The summed E-state index contributed by atoms with van der Waals surface area (Å²) in [6.45, 7) is 4.00. The lowest BCUT2D eigenvalue weighted by Gasteiger charge is -2.39. The number of fused-ring (bicyclic) bond motifs is 1. The summed E-state index contributed by atoms with van der Waals surface area (Å²) in [5, 5.41) is 0.557. The Kier molecular flexibility index (Phi) is 4.13. The molecule has 4 nitrogen and oxygen atoms in total. The monoisotopic (exact) mass is 418 g/mol. The Morgan fingerprint density at radius 3 is 2.17 bits per heavy atom. The van der Waals surface area contributed by atoms with Crippen LogP contribution in [0.4, 0.5) is 0 Å². The maximum Gasteiger partial charge on any atom is 0.229 e. The molecule has 0 spiro atoms. The van der Waals surface area contributed by atoms with Gasteiger partial charge in [0.15, 0.2) is 17.3 Å². The number of hydrogen-bond donors (Lipinski definition) is 0. The quantitative estimate of drug-likeness (QED) is 0.619. The van der Waals surface area contributed by atoms with Crippen LogP contribution in [0.5, 0.6) is 0 Å². The van der Waals surface area contributed by atoms with E-state index in [4.69, 9.17) is 16.3 Å². The minimum absolute atomic E-state index is 0.0444. The van der Waals surface area contributed by atoms with E-state index < -0.39 is 5.92 Å². The van der Waals surface area contributed by atoms with Crippen LogP contribution in [-0.4, -0.2) is 17.3 Å². The highest BCUT2D eigenvalue weighted by atomic mass is 35.5. The molecule has 2 aromatic carbocycles. The first-order valence-electron chi connectivity index (χ1n) is 9.89. The molecular weight excluding hydrogens is 400 g/mol. The Balaban J connectivity index is 1.76. The summed E-state index contributed by atoms with van der Waals surface area (Å²) in [4.78, 5) is 40.0. The van der Waals surface area contributed by atoms with E-state index in [1.54, 1.807) is 48.5 Å². The van der Waals surface area contributed by atoms with E-state index in [9.17, 15) is 14.4 Å². The molecule has 0 aromatic heterocycles. The van der Waals surface area contributed by atoms with Crippen LogP contribution in [0, 0.1) is 5.41 Å². The number of carbonyl (C=O) groups is 3. The van der Waals surface area contributed by atoms with Crippen molar-refractivity contribution < 1.29 is 19.1 Å². The summed E-state index contributed by atoms with van der Waals surface area (Å²) < 4.78 is 6.06. The zero-order valence-electron chi connectivity index (χ0n) is 16.6. The van der Waals surface area contributed by atoms with Crippen LogP contribution in [0.3, 0.4) is 0 Å². The fraction of sp³-hybridized carbons (Fsp3) is 0.240. The molecule has 150 valence electrons. The van der Waals surface area contributed by atoms with Gasteiger partial charge in [-0.25, -0.2) is 0 Å². The lowest BCUT2D eigenvalue weighted by molar-refractivity contribution is -0.119. The van der Waals surface area contributed by atoms with Gasteiger partial charge in [0.2, 0.25) is 5.78 Å². The molecule has 5 heteroatoms. The number of halogens is 1. The highest BCUT2D eigenvalue weighted by Gasteiger charge is 2.48. The molecule has 1 aliphatic heterocycles. The van der Waals surface area contributed by atoms with Crippen LogP contribution in [0.1, 0.15) is 58.9 Å². The number of allylic oxidation sites excluding steroid dienone is 4. The minimum atomic E-state index is -0.644. The number of ketones is 3. The van der Waals surface area contributed by atoms with Crippen LogP contribution >= 0.6 is 11.6 Å². The standard InChI is InChI=1S/C25H19ClO4/c1-25(2)11-17(27)20-18(12-25)30-24-21(19(20)13-7-9-14(26)10-8-13)22(28)15-5-3-4-6-16(15)23(24)29/h3-10,19H,11-12H2,1-2H3. The molecule has 2 aliphatic carbocycles. The molecule has 0 bridgehead atoms. The summed E-state index contributed by atoms with van der Waals surface area (Å²) in [5.74, 6) is -0.745. The highest BCUT2D eigenvalue weighted by Crippen LogP contribution is 2.51. The third-order valence-corrected chi connectivity index (χ3v) is 6.25. The molecule has 0 saturated carbocycles. The Hall–Kier alpha value is -2.98. The predicted molar refractivity (Wildman–Crippen MR) is 112 cm³/mol. The van der Waals surface area contributed by atoms with E-state index in [0.717, 1.165) is 5.56 Å². The van der Waals surface area contributed by atoms with Crippen LogP contribution in [0.25, 0.3) is 0 Å². The van der Waals surface area contributed by atoms with Gasteiger partial charge in [0.25, 0.3) is 0 Å². The summed E-state index contributed by atoms with van der Waals surface area (Å²) in [7, 11) is 0. The summed E-state index contributed by atoms with van der Waals surface area (Å²) in [6.07, 6.45) is 0.888. The summed E-state index contributed by atoms with van der Waals surface area (Å²) in [6, 6.07) is 13.8. The first-order valence-corrected chi connectivity index (χ1v) is 10.3. The molecule has 1 atom stereocenters. The van der Waals surface area contributed by atoms with E-state index in [2.05, 4.69) is 0 Å². The van der Waals surface area contributed by atoms with Gasteiger partial charge >= 0.3 is 0 Å². The lowest BCUT2D eigenvalue weighted by atomic mass is 9.67. The summed E-state index contributed by atoms with van der Waals surface area (Å²) >= 11 is 6.07. The van der Waals surface area contributed by atoms with Gasteiger partial charge in [-0.05, 0) is 23.1 Å². The van der Waals surface area contributed by atoms with E-state index in [1.807, 2.05) is 13.8 Å². The molecule has 1 heterocycles. The smallest absolute Gasteiger partial charge is 0.229 e. The first kappa shape index (κ1) is 19.0. The molecule has 0 radical (unpaired) electrons. The fourth-order valence-corrected chi connectivity index (χ4v) is 4.81. The third kappa shape index (κ3) is 2.78. The second-order valence-corrected chi connectivity index (χ2v) is 9.25. The van der Waals surface area contributed by atoms with Crippen molar-refractivity contribution in [3.8, 4) is 0 Å². The van der Waals surface area contributed by atoms with Crippen LogP contribution < -0.4 is 0 Å². The molecule has 0 saturated heterocycles. The zero-order chi connectivity index (χ0) is 21.2. The average molecular weight is 419 g/mol. The molecule has 1 unspecified atom stereocenters. The van der Waals surface area contributed by atoms with Gasteiger partial charge in [0.05, 0.1) is 5.57 Å². The first-order chi connectivity index (χ1) is 14.3. The number of ether oxygens (including phenoxy) is 1. The van der Waals surface area contributed by atoms with Crippen molar-refractivity contribution in [3.63, 3.8) is 0 Å². The largest absolute Gasteiger partial charge is 0.457 e. The van der Waals surface area contributed by atoms with Gasteiger partial charge < -0.3 is 4.74 Å². The number of carbonyl (C=O) groups excluding carboxylic acids is 3. The van der Waals surface area contributed by atoms with Gasteiger partial charge in [0, 0.05) is 40.5 Å². The second kappa shape index (κ2) is 6.51. The highest BCUT2D eigenvalue weighted by molar-refractivity contribution is 6.30. The van der Waals surface area contributed by atoms with Gasteiger partial charge in [0.1, 0.15) is 5.76 Å². The Morgan fingerprint density at radius 1 is 0.867 bits per heavy atom. The van der Waals surface area contributed by atoms with Crippen LogP contribution in [-0.2, 0) is 9.53 Å². The molecule has 0 fully saturated rings. The molecule has 5 rings (SSSR count). The predicted octanol–water partition coefficient (Wildman–Crippen LogP) is 5.43. The SMILES string of the molecule is CC1(C)CC(=O)C2=C(C1)OC1=C(C(=O)c3ccccc3C1=O)C2c1ccc(Cl)cc1. The second-order valence-electron chi connectivity index (χ2n) is 8.81. The number of Topliss-reactive ketones (excluding diaryl/α,β-unsaturated/α-hetero) is 3. The van der Waals surface area contributed by atoms with Crippen molar-refractivity contribution >= 4 is 29.0 Å². The molecule has 30 heavy (non-hydrogen) atoms. The van der Waals surface area contributed by atoms with Crippen molar-refractivity contribution in [1.82, 2.24) is 0 Å². The molecular formula is C25H19ClO4. The number of hydrogen-bond acceptors (Lipinski definition) is 4. The average Bonchev–Trinajstić information content (AvgIpc) is 2.70. The van der Waals surface area contributed by atoms with Crippen molar-refractivity contribution in [2.45, 2.75) is 32.6 Å². The van der Waals surface area contributed by atoms with Crippen molar-refractivity contribution in [2.75, 3.05) is 0 Å². The number of benzene rings is 2. The van der Waals surface area contributed by atoms with Gasteiger partial charge in [-0.2, -0.15) is 0 Å². The maximum atomic E-state index is 13.5. The van der Waals surface area contributed by atoms with E-state index >= 15 is 0 Å². The summed E-state index contributed by atoms with van der Waals surface area (Å²) in [5.41, 5.74) is 1.87. The van der Waals surface area contributed by atoms with E-state index in [-0.39, 0.29) is 34.1 Å². The van der Waals surface area contributed by atoms with Crippen LogP contribution in [0.2, 0.25) is 5.02 Å². The van der Waals surface area contributed by atoms with Gasteiger partial charge in [-0.1, -0.05) is 61.8 Å². The minimum Gasteiger partial charge on any atom is -0.457 e. The molecule has 3 aliphatic rings. The van der Waals surface area contributed by atoms with Crippen molar-refractivity contribution in [1.29, 1.82) is 0 Å². The lowest BCUT2D eigenvalue weighted by Crippen LogP contribution is -2.37. The third-order valence-electron chi connectivity index (χ3n) is 6.00. The maximum absolute atomic E-state index is 13.5. The Labute approximate surface area is 179 Å². The molecule has 0 amide bonds. The fourth-order valence-electron chi connectivity index (χ4n) is 4.68. The van der Waals surface area contributed by atoms with Gasteiger partial charge in [-0.15, -0.1) is 0 Å². The van der Waals surface area contributed by atoms with Gasteiger partial charge in [-0.3, -0.25) is 14.4 Å². The van der Waals surface area contributed by atoms with Crippen LogP contribution in [0.15, 0.2) is 71.2 Å². The topological polar surface area (TPSA) is 60.4 Å².